The van der Waals surface area contributed by atoms with Gasteiger partial charge in [0.15, 0.2) is 0 Å². The molecule has 3 nitrogen and oxygen atoms in total. The van der Waals surface area contributed by atoms with E-state index < -0.39 is 0 Å². The molecule has 1 atom stereocenters. The molecule has 0 bridgehead atoms. The molecule has 0 spiro atoms. The van der Waals surface area contributed by atoms with Crippen molar-refractivity contribution in [1.29, 1.82) is 0 Å². The van der Waals surface area contributed by atoms with Gasteiger partial charge in [-0.1, -0.05) is 51.5 Å². The summed E-state index contributed by atoms with van der Waals surface area (Å²) in [7, 11) is 0. The van der Waals surface area contributed by atoms with E-state index in [1.54, 1.807) is 0 Å². The lowest BCUT2D eigenvalue weighted by Crippen LogP contribution is -2.39. The van der Waals surface area contributed by atoms with Gasteiger partial charge in [-0.25, -0.2) is 0 Å². The van der Waals surface area contributed by atoms with Crippen LogP contribution in [0.2, 0.25) is 0 Å². The van der Waals surface area contributed by atoms with Crippen molar-refractivity contribution in [2.45, 2.75) is 46.1 Å². The summed E-state index contributed by atoms with van der Waals surface area (Å²) >= 11 is 0. The maximum Gasteiger partial charge on any atom is 0.220 e. The molecule has 2 rings (SSSR count). The number of carbonyl (C=O) groups excluding carboxylic acids is 1. The molecule has 1 amide bonds. The van der Waals surface area contributed by atoms with Gasteiger partial charge in [0.05, 0.1) is 0 Å². The summed E-state index contributed by atoms with van der Waals surface area (Å²) in [4.78, 5) is 12.0. The van der Waals surface area contributed by atoms with E-state index >= 15 is 0 Å². The third-order valence-electron chi connectivity index (χ3n) is 4.32. The molecule has 3 heteroatoms. The van der Waals surface area contributed by atoms with E-state index in [0.29, 0.717) is 13.0 Å². The molecule has 1 aromatic carbocycles. The zero-order chi connectivity index (χ0) is 14.6. The van der Waals surface area contributed by atoms with E-state index in [1.165, 1.54) is 11.1 Å². The van der Waals surface area contributed by atoms with E-state index in [2.05, 4.69) is 55.7 Å². The van der Waals surface area contributed by atoms with Crippen LogP contribution in [0.1, 0.15) is 50.8 Å². The number of nitrogens with one attached hydrogen (secondary N) is 2. The lowest BCUT2D eigenvalue weighted by atomic mass is 9.86. The van der Waals surface area contributed by atoms with Crippen molar-refractivity contribution in [2.24, 2.45) is 5.41 Å². The number of fused-ring (bicyclic) bond motifs is 1. The Kier molecular flexibility index (Phi) is 4.81. The fourth-order valence-corrected chi connectivity index (χ4v) is 2.61. The minimum atomic E-state index is 0.0853. The Hall–Kier alpha value is -1.35. The Labute approximate surface area is 122 Å². The van der Waals surface area contributed by atoms with Crippen LogP contribution < -0.4 is 10.6 Å². The normalized spacial score (nSPS) is 18.4. The molecule has 0 saturated carbocycles. The van der Waals surface area contributed by atoms with Crippen molar-refractivity contribution in [1.82, 2.24) is 10.6 Å². The number of hydrogen-bond donors (Lipinski definition) is 2. The summed E-state index contributed by atoms with van der Waals surface area (Å²) < 4.78 is 0. The van der Waals surface area contributed by atoms with Gasteiger partial charge in [0.25, 0.3) is 0 Å². The molecule has 0 saturated heterocycles. The topological polar surface area (TPSA) is 41.1 Å². The zero-order valence-corrected chi connectivity index (χ0v) is 12.8. The Balaban J connectivity index is 1.91. The van der Waals surface area contributed by atoms with Gasteiger partial charge in [-0.15, -0.1) is 0 Å². The first-order valence-electron chi connectivity index (χ1n) is 7.60. The summed E-state index contributed by atoms with van der Waals surface area (Å²) in [6, 6.07) is 8.75. The number of carbonyl (C=O) groups is 1. The molecular formula is C17H26N2O. The van der Waals surface area contributed by atoms with Crippen molar-refractivity contribution >= 4 is 5.91 Å². The van der Waals surface area contributed by atoms with E-state index in [9.17, 15) is 4.79 Å². The van der Waals surface area contributed by atoms with Crippen LogP contribution in [0.25, 0.3) is 0 Å². The van der Waals surface area contributed by atoms with Gasteiger partial charge in [-0.3, -0.25) is 4.79 Å². The number of benzene rings is 1. The average Bonchev–Trinajstić information content (AvgIpc) is 2.44. The lowest BCUT2D eigenvalue weighted by molar-refractivity contribution is -0.123. The molecule has 110 valence electrons. The Bertz CT molecular complexity index is 468. The van der Waals surface area contributed by atoms with Crippen LogP contribution in [-0.4, -0.2) is 19.0 Å². The first kappa shape index (κ1) is 15.0. The first-order chi connectivity index (χ1) is 9.52. The van der Waals surface area contributed by atoms with Gasteiger partial charge < -0.3 is 10.6 Å². The van der Waals surface area contributed by atoms with Crippen LogP contribution in [0, 0.1) is 5.41 Å². The second-order valence-electron chi connectivity index (χ2n) is 6.45. The van der Waals surface area contributed by atoms with Crippen molar-refractivity contribution in [3.8, 4) is 0 Å². The quantitative estimate of drug-likeness (QED) is 0.867. The summed E-state index contributed by atoms with van der Waals surface area (Å²) in [6.45, 7) is 8.07. The maximum atomic E-state index is 12.0. The summed E-state index contributed by atoms with van der Waals surface area (Å²) in [6.07, 6.45) is 2.69. The monoisotopic (exact) mass is 274 g/mol. The van der Waals surface area contributed by atoms with Gasteiger partial charge in [-0.05, 0) is 29.5 Å². The maximum absolute atomic E-state index is 12.0. The second-order valence-corrected chi connectivity index (χ2v) is 6.45. The zero-order valence-electron chi connectivity index (χ0n) is 12.8. The largest absolute Gasteiger partial charge is 0.354 e. The molecule has 0 aliphatic carbocycles. The van der Waals surface area contributed by atoms with Crippen LogP contribution in [0.3, 0.4) is 0 Å². The van der Waals surface area contributed by atoms with E-state index in [4.69, 9.17) is 0 Å². The molecule has 1 aliphatic heterocycles. The standard InChI is InChI=1S/C17H26N2O/c1-4-17(2,3)11-16(20)19-12-15-14-8-6-5-7-13(14)9-10-18-15/h5-8,15,18H,4,9-12H2,1-3H3,(H,19,20). The molecule has 0 radical (unpaired) electrons. The molecule has 1 aromatic rings. The highest BCUT2D eigenvalue weighted by Crippen LogP contribution is 2.25. The highest BCUT2D eigenvalue weighted by atomic mass is 16.1. The molecule has 0 fully saturated rings. The fraction of sp³-hybridized carbons (Fsp3) is 0.588. The van der Waals surface area contributed by atoms with Crippen LogP contribution in [0.4, 0.5) is 0 Å². The first-order valence-corrected chi connectivity index (χ1v) is 7.60. The van der Waals surface area contributed by atoms with E-state index in [0.717, 1.165) is 19.4 Å². The minimum absolute atomic E-state index is 0.0853. The van der Waals surface area contributed by atoms with Gasteiger partial charge in [-0.2, -0.15) is 0 Å². The van der Waals surface area contributed by atoms with Crippen molar-refractivity contribution in [3.63, 3.8) is 0 Å². The van der Waals surface area contributed by atoms with Gasteiger partial charge in [0.2, 0.25) is 5.91 Å². The fourth-order valence-electron chi connectivity index (χ4n) is 2.61. The predicted molar refractivity (Wildman–Crippen MR) is 82.6 cm³/mol. The average molecular weight is 274 g/mol. The van der Waals surface area contributed by atoms with E-state index in [-0.39, 0.29) is 17.4 Å². The lowest BCUT2D eigenvalue weighted by Gasteiger charge is -2.28. The molecule has 20 heavy (non-hydrogen) atoms. The van der Waals surface area contributed by atoms with Crippen LogP contribution in [0.15, 0.2) is 24.3 Å². The molecular weight excluding hydrogens is 248 g/mol. The summed E-state index contributed by atoms with van der Waals surface area (Å²) in [5.74, 6) is 0.154. The molecule has 0 aromatic heterocycles. The van der Waals surface area contributed by atoms with Crippen molar-refractivity contribution in [2.75, 3.05) is 13.1 Å². The SMILES string of the molecule is CCC(C)(C)CC(=O)NCC1NCCc2ccccc21. The number of amides is 1. The Morgan fingerprint density at radius 2 is 2.15 bits per heavy atom. The summed E-state index contributed by atoms with van der Waals surface area (Å²) in [5, 5.41) is 6.58. The Morgan fingerprint density at radius 1 is 1.40 bits per heavy atom. The van der Waals surface area contributed by atoms with Crippen molar-refractivity contribution in [3.05, 3.63) is 35.4 Å². The summed E-state index contributed by atoms with van der Waals surface area (Å²) in [5.41, 5.74) is 2.82. The van der Waals surface area contributed by atoms with E-state index in [1.807, 2.05) is 0 Å². The number of rotatable bonds is 5. The van der Waals surface area contributed by atoms with Crippen LogP contribution >= 0.6 is 0 Å². The van der Waals surface area contributed by atoms with Gasteiger partial charge in [0.1, 0.15) is 0 Å². The molecule has 2 N–H and O–H groups in total. The predicted octanol–water partition coefficient (Wildman–Crippen LogP) is 2.82. The molecule has 1 heterocycles. The third-order valence-corrected chi connectivity index (χ3v) is 4.32. The second kappa shape index (κ2) is 6.40. The highest BCUT2D eigenvalue weighted by molar-refractivity contribution is 5.76. The Morgan fingerprint density at radius 3 is 2.90 bits per heavy atom. The van der Waals surface area contributed by atoms with Gasteiger partial charge in [0, 0.05) is 19.0 Å². The molecule has 1 aliphatic rings. The smallest absolute Gasteiger partial charge is 0.220 e. The minimum Gasteiger partial charge on any atom is -0.354 e. The highest BCUT2D eigenvalue weighted by Gasteiger charge is 2.22. The van der Waals surface area contributed by atoms with Crippen LogP contribution in [0.5, 0.6) is 0 Å². The number of hydrogen-bond acceptors (Lipinski definition) is 2. The third kappa shape index (κ3) is 3.83. The molecule has 1 unspecified atom stereocenters. The van der Waals surface area contributed by atoms with Crippen molar-refractivity contribution < 1.29 is 4.79 Å². The van der Waals surface area contributed by atoms with Gasteiger partial charge >= 0.3 is 0 Å². The van der Waals surface area contributed by atoms with Crippen LogP contribution in [-0.2, 0) is 11.2 Å².